The fourth-order valence-electron chi connectivity index (χ4n) is 1.16. The Morgan fingerprint density at radius 2 is 1.93 bits per heavy atom. The molecule has 3 nitrogen and oxygen atoms in total. The maximum atomic E-state index is 11.6. The maximum absolute atomic E-state index is 11.6. The highest BCUT2D eigenvalue weighted by Gasteiger charge is 2.05. The molecule has 1 amide bonds. The molecule has 0 saturated carbocycles. The highest BCUT2D eigenvalue weighted by Crippen LogP contribution is 1.93. The SMILES string of the molecule is CCCN(CC)C(=O)/C=C/CN(C)C. The summed E-state index contributed by atoms with van der Waals surface area (Å²) >= 11 is 0. The van der Waals surface area contributed by atoms with Crippen molar-refractivity contribution < 1.29 is 4.79 Å². The minimum atomic E-state index is 0.121. The fourth-order valence-corrected chi connectivity index (χ4v) is 1.16. The van der Waals surface area contributed by atoms with Crippen LogP contribution in [0.15, 0.2) is 12.2 Å². The Morgan fingerprint density at radius 3 is 2.36 bits per heavy atom. The van der Waals surface area contributed by atoms with Crippen molar-refractivity contribution >= 4 is 5.91 Å². The van der Waals surface area contributed by atoms with Gasteiger partial charge in [0.2, 0.25) is 5.91 Å². The Morgan fingerprint density at radius 1 is 1.29 bits per heavy atom. The molecule has 3 heteroatoms. The summed E-state index contributed by atoms with van der Waals surface area (Å²) in [4.78, 5) is 15.4. The summed E-state index contributed by atoms with van der Waals surface area (Å²) in [5.41, 5.74) is 0. The van der Waals surface area contributed by atoms with E-state index in [0.717, 1.165) is 26.1 Å². The van der Waals surface area contributed by atoms with E-state index in [1.807, 2.05) is 36.9 Å². The van der Waals surface area contributed by atoms with Gasteiger partial charge in [-0.25, -0.2) is 0 Å². The van der Waals surface area contributed by atoms with Gasteiger partial charge in [-0.15, -0.1) is 0 Å². The second kappa shape index (κ2) is 7.56. The van der Waals surface area contributed by atoms with Gasteiger partial charge in [0.1, 0.15) is 0 Å². The van der Waals surface area contributed by atoms with Crippen LogP contribution in [0.1, 0.15) is 20.3 Å². The zero-order valence-corrected chi connectivity index (χ0v) is 9.79. The van der Waals surface area contributed by atoms with Crippen LogP contribution in [-0.2, 0) is 4.79 Å². The third-order valence-electron chi connectivity index (χ3n) is 1.92. The third-order valence-corrected chi connectivity index (χ3v) is 1.92. The minimum absolute atomic E-state index is 0.121. The van der Waals surface area contributed by atoms with Gasteiger partial charge >= 0.3 is 0 Å². The molecule has 0 bridgehead atoms. The van der Waals surface area contributed by atoms with Gasteiger partial charge < -0.3 is 9.80 Å². The predicted octanol–water partition coefficient (Wildman–Crippen LogP) is 1.36. The summed E-state index contributed by atoms with van der Waals surface area (Å²) in [5.74, 6) is 0.121. The van der Waals surface area contributed by atoms with E-state index in [1.165, 1.54) is 0 Å². The van der Waals surface area contributed by atoms with E-state index < -0.39 is 0 Å². The number of nitrogens with zero attached hydrogens (tertiary/aromatic N) is 2. The molecule has 0 unspecified atom stereocenters. The van der Waals surface area contributed by atoms with Gasteiger partial charge in [-0.1, -0.05) is 13.0 Å². The highest BCUT2D eigenvalue weighted by atomic mass is 16.2. The summed E-state index contributed by atoms with van der Waals surface area (Å²) in [6.07, 6.45) is 4.58. The van der Waals surface area contributed by atoms with Crippen molar-refractivity contribution in [2.45, 2.75) is 20.3 Å². The van der Waals surface area contributed by atoms with Gasteiger partial charge in [0.15, 0.2) is 0 Å². The average molecular weight is 198 g/mol. The van der Waals surface area contributed by atoms with Gasteiger partial charge in [-0.2, -0.15) is 0 Å². The molecule has 14 heavy (non-hydrogen) atoms. The second-order valence-corrected chi connectivity index (χ2v) is 3.58. The van der Waals surface area contributed by atoms with E-state index in [2.05, 4.69) is 6.92 Å². The van der Waals surface area contributed by atoms with Crippen LogP contribution in [0.4, 0.5) is 0 Å². The van der Waals surface area contributed by atoms with Crippen molar-refractivity contribution in [1.29, 1.82) is 0 Å². The number of hydrogen-bond donors (Lipinski definition) is 0. The number of carbonyl (C=O) groups is 1. The molecule has 0 aliphatic rings. The summed E-state index contributed by atoms with van der Waals surface area (Å²) in [5, 5.41) is 0. The first-order chi connectivity index (χ1) is 6.61. The molecule has 0 fully saturated rings. The number of likely N-dealkylation sites (N-methyl/N-ethyl adjacent to an activating group) is 2. The molecule has 0 heterocycles. The van der Waals surface area contributed by atoms with Crippen LogP contribution < -0.4 is 0 Å². The summed E-state index contributed by atoms with van der Waals surface area (Å²) in [6.45, 7) is 6.54. The molecule has 0 atom stereocenters. The zero-order chi connectivity index (χ0) is 11.0. The molecule has 0 radical (unpaired) electrons. The monoisotopic (exact) mass is 198 g/mol. The van der Waals surface area contributed by atoms with Crippen LogP contribution in [0.5, 0.6) is 0 Å². The van der Waals surface area contributed by atoms with Gasteiger partial charge in [0, 0.05) is 25.7 Å². The van der Waals surface area contributed by atoms with Gasteiger partial charge in [-0.05, 0) is 27.4 Å². The average Bonchev–Trinajstić information content (AvgIpc) is 2.13. The fraction of sp³-hybridized carbons (Fsp3) is 0.727. The molecule has 0 aliphatic carbocycles. The molecule has 0 saturated heterocycles. The lowest BCUT2D eigenvalue weighted by atomic mass is 10.3. The summed E-state index contributed by atoms with van der Waals surface area (Å²) in [7, 11) is 3.97. The molecular formula is C11H22N2O. The lowest BCUT2D eigenvalue weighted by molar-refractivity contribution is -0.125. The lowest BCUT2D eigenvalue weighted by Crippen LogP contribution is -2.30. The van der Waals surface area contributed by atoms with Crippen molar-refractivity contribution in [2.24, 2.45) is 0 Å². The van der Waals surface area contributed by atoms with Crippen LogP contribution in [0.25, 0.3) is 0 Å². The summed E-state index contributed by atoms with van der Waals surface area (Å²) in [6, 6.07) is 0. The molecule has 0 aliphatic heterocycles. The molecule has 0 spiro atoms. The van der Waals surface area contributed by atoms with E-state index in [1.54, 1.807) is 6.08 Å². The molecule has 0 aromatic rings. The van der Waals surface area contributed by atoms with E-state index in [9.17, 15) is 4.79 Å². The quantitative estimate of drug-likeness (QED) is 0.602. The van der Waals surface area contributed by atoms with Crippen LogP contribution in [0.3, 0.4) is 0 Å². The molecule has 0 aromatic carbocycles. The smallest absolute Gasteiger partial charge is 0.246 e. The van der Waals surface area contributed by atoms with E-state index >= 15 is 0 Å². The normalized spacial score (nSPS) is 11.2. The Labute approximate surface area is 87.4 Å². The van der Waals surface area contributed by atoms with Crippen LogP contribution in [-0.4, -0.2) is 49.4 Å². The van der Waals surface area contributed by atoms with Crippen molar-refractivity contribution in [2.75, 3.05) is 33.7 Å². The Kier molecular flexibility index (Phi) is 7.11. The minimum Gasteiger partial charge on any atom is -0.339 e. The maximum Gasteiger partial charge on any atom is 0.246 e. The first-order valence-electron chi connectivity index (χ1n) is 5.22. The van der Waals surface area contributed by atoms with Gasteiger partial charge in [-0.3, -0.25) is 4.79 Å². The number of hydrogen-bond acceptors (Lipinski definition) is 2. The van der Waals surface area contributed by atoms with E-state index in [4.69, 9.17) is 0 Å². The Balaban J connectivity index is 3.96. The molecule has 82 valence electrons. The van der Waals surface area contributed by atoms with Crippen molar-refractivity contribution in [1.82, 2.24) is 9.80 Å². The van der Waals surface area contributed by atoms with Crippen LogP contribution in [0.2, 0.25) is 0 Å². The zero-order valence-electron chi connectivity index (χ0n) is 9.79. The van der Waals surface area contributed by atoms with Crippen LogP contribution in [0, 0.1) is 0 Å². The topological polar surface area (TPSA) is 23.6 Å². The molecule has 0 N–H and O–H groups in total. The molecule has 0 aromatic heterocycles. The van der Waals surface area contributed by atoms with Crippen LogP contribution >= 0.6 is 0 Å². The van der Waals surface area contributed by atoms with E-state index in [0.29, 0.717) is 0 Å². The lowest BCUT2D eigenvalue weighted by Gasteiger charge is -2.17. The molecule has 0 rings (SSSR count). The second-order valence-electron chi connectivity index (χ2n) is 3.58. The largest absolute Gasteiger partial charge is 0.339 e. The highest BCUT2D eigenvalue weighted by molar-refractivity contribution is 5.87. The van der Waals surface area contributed by atoms with Gasteiger partial charge in [0.05, 0.1) is 0 Å². The Hall–Kier alpha value is -0.830. The van der Waals surface area contributed by atoms with Crippen molar-refractivity contribution in [3.8, 4) is 0 Å². The number of rotatable bonds is 6. The molecular weight excluding hydrogens is 176 g/mol. The van der Waals surface area contributed by atoms with Crippen molar-refractivity contribution in [3.05, 3.63) is 12.2 Å². The third kappa shape index (κ3) is 5.75. The summed E-state index contributed by atoms with van der Waals surface area (Å²) < 4.78 is 0. The number of amides is 1. The predicted molar refractivity (Wildman–Crippen MR) is 60.2 cm³/mol. The Bertz CT molecular complexity index is 188. The van der Waals surface area contributed by atoms with Gasteiger partial charge in [0.25, 0.3) is 0 Å². The van der Waals surface area contributed by atoms with Crippen molar-refractivity contribution in [3.63, 3.8) is 0 Å². The van der Waals surface area contributed by atoms with E-state index in [-0.39, 0.29) is 5.91 Å². The number of carbonyl (C=O) groups excluding carboxylic acids is 1. The standard InChI is InChI=1S/C11H22N2O/c1-5-9-13(6-2)11(14)8-7-10-12(3)4/h7-8H,5-6,9-10H2,1-4H3/b8-7+. The first-order valence-corrected chi connectivity index (χ1v) is 5.22. The first kappa shape index (κ1) is 13.2.